The lowest BCUT2D eigenvalue weighted by molar-refractivity contribution is 0.355. The molecule has 4 rings (SSSR count). The van der Waals surface area contributed by atoms with E-state index in [0.29, 0.717) is 40.4 Å². The maximum atomic E-state index is 12.6. The summed E-state index contributed by atoms with van der Waals surface area (Å²) >= 11 is 3.51. The maximum absolute atomic E-state index is 12.6. The molecule has 0 aliphatic rings. The van der Waals surface area contributed by atoms with Crippen LogP contribution >= 0.6 is 15.9 Å². The Balaban J connectivity index is 1.83. The second kappa shape index (κ2) is 7.71. The van der Waals surface area contributed by atoms with Gasteiger partial charge in [0, 0.05) is 34.1 Å². The van der Waals surface area contributed by atoms with Gasteiger partial charge in [-0.05, 0) is 34.1 Å². The fourth-order valence-corrected chi connectivity index (χ4v) is 3.82. The summed E-state index contributed by atoms with van der Waals surface area (Å²) in [4.78, 5) is 24.6. The molecule has 0 saturated carbocycles. The van der Waals surface area contributed by atoms with E-state index >= 15 is 0 Å². The Morgan fingerprint density at radius 1 is 1.03 bits per heavy atom. The molecule has 4 aromatic rings. The number of aromatic amines is 1. The highest BCUT2D eigenvalue weighted by Crippen LogP contribution is 2.33. The quantitative estimate of drug-likeness (QED) is 0.491. The van der Waals surface area contributed by atoms with E-state index in [1.165, 1.54) is 7.11 Å². The van der Waals surface area contributed by atoms with Gasteiger partial charge in [0.1, 0.15) is 11.6 Å². The van der Waals surface area contributed by atoms with Crippen molar-refractivity contribution in [2.45, 2.75) is 6.42 Å². The fraction of sp³-hybridized carbons (Fsp3) is 0.190. The van der Waals surface area contributed by atoms with Gasteiger partial charge >= 0.3 is 0 Å². The Bertz CT molecular complexity index is 1290. The van der Waals surface area contributed by atoms with E-state index in [2.05, 4.69) is 30.9 Å². The molecule has 0 aliphatic carbocycles. The van der Waals surface area contributed by atoms with Gasteiger partial charge in [-0.25, -0.2) is 4.98 Å². The minimum atomic E-state index is -0.249. The minimum absolute atomic E-state index is 0.249. The number of H-pyrrole nitrogens is 1. The summed E-state index contributed by atoms with van der Waals surface area (Å²) in [5.74, 6) is 2.19. The maximum Gasteiger partial charge on any atom is 0.258 e. The van der Waals surface area contributed by atoms with Crippen LogP contribution in [0.1, 0.15) is 11.4 Å². The molecule has 8 heteroatoms. The lowest BCUT2D eigenvalue weighted by Crippen LogP contribution is -2.13. The predicted molar refractivity (Wildman–Crippen MR) is 114 cm³/mol. The van der Waals surface area contributed by atoms with Crippen molar-refractivity contribution in [2.24, 2.45) is 0 Å². The first-order valence-corrected chi connectivity index (χ1v) is 9.60. The number of halogens is 1. The molecule has 0 spiro atoms. The van der Waals surface area contributed by atoms with Gasteiger partial charge in [-0.1, -0.05) is 6.07 Å². The lowest BCUT2D eigenvalue weighted by atomic mass is 10.1. The summed E-state index contributed by atoms with van der Waals surface area (Å²) in [7, 11) is 4.69. The topological polar surface area (TPSA) is 86.3 Å². The zero-order valence-corrected chi connectivity index (χ0v) is 17.7. The second-order valence-corrected chi connectivity index (χ2v) is 7.22. The number of methoxy groups -OCH3 is 3. The Labute approximate surface area is 174 Å². The molecule has 7 nitrogen and oxygen atoms in total. The zero-order chi connectivity index (χ0) is 20.5. The number of fused-ring (bicyclic) bond motifs is 2. The van der Waals surface area contributed by atoms with Gasteiger partial charge in [0.15, 0.2) is 11.5 Å². The van der Waals surface area contributed by atoms with Crippen molar-refractivity contribution in [3.63, 3.8) is 0 Å². The molecule has 2 aromatic carbocycles. The molecular weight excluding hydrogens is 438 g/mol. The van der Waals surface area contributed by atoms with E-state index in [9.17, 15) is 4.79 Å². The summed E-state index contributed by atoms with van der Waals surface area (Å²) in [5, 5.41) is 1.31. The number of hydrogen-bond donors (Lipinski definition) is 1. The highest BCUT2D eigenvalue weighted by molar-refractivity contribution is 9.10. The first kappa shape index (κ1) is 19.2. The van der Waals surface area contributed by atoms with Gasteiger partial charge in [0.25, 0.3) is 5.56 Å². The number of nitrogens with one attached hydrogen (secondary N) is 1. The van der Waals surface area contributed by atoms with Crippen LogP contribution in [0.4, 0.5) is 0 Å². The largest absolute Gasteiger partial charge is 0.496 e. The lowest BCUT2D eigenvalue weighted by Gasteiger charge is -2.12. The Kier molecular flexibility index (Phi) is 5.10. The molecule has 2 heterocycles. The monoisotopic (exact) mass is 455 g/mol. The van der Waals surface area contributed by atoms with E-state index in [-0.39, 0.29) is 5.56 Å². The van der Waals surface area contributed by atoms with Crippen molar-refractivity contribution in [3.05, 3.63) is 62.7 Å². The third-order valence-electron chi connectivity index (χ3n) is 4.69. The number of nitrogens with zero attached hydrogens (tertiary/aromatic N) is 2. The number of benzene rings is 2. The van der Waals surface area contributed by atoms with Gasteiger partial charge in [0.05, 0.1) is 37.7 Å². The molecule has 29 heavy (non-hydrogen) atoms. The van der Waals surface area contributed by atoms with Crippen molar-refractivity contribution >= 4 is 37.7 Å². The van der Waals surface area contributed by atoms with E-state index in [4.69, 9.17) is 14.2 Å². The zero-order valence-electron chi connectivity index (χ0n) is 16.1. The average molecular weight is 456 g/mol. The van der Waals surface area contributed by atoms with E-state index < -0.39 is 0 Å². The van der Waals surface area contributed by atoms with E-state index in [0.717, 1.165) is 20.9 Å². The second-order valence-electron chi connectivity index (χ2n) is 6.37. The van der Waals surface area contributed by atoms with Crippen molar-refractivity contribution in [1.82, 2.24) is 15.0 Å². The summed E-state index contributed by atoms with van der Waals surface area (Å²) in [6.07, 6.45) is 2.10. The Morgan fingerprint density at radius 2 is 1.79 bits per heavy atom. The molecule has 0 bridgehead atoms. The number of ether oxygens (including phenoxy) is 3. The number of para-hydroxylation sites is 1. The van der Waals surface area contributed by atoms with Gasteiger partial charge in [0.2, 0.25) is 0 Å². The standard InChI is InChI=1S/C21H18BrN3O4/c1-27-16-8-13-15(9-17(16)28-2)24-18(25-21(13)26)7-11-10-23-19-12(20(11)29-3)5-4-6-14(19)22/h4-6,8-10H,7H2,1-3H3,(H,24,25,26). The normalized spacial score (nSPS) is 11.0. The van der Waals surface area contributed by atoms with Crippen LogP contribution in [0.3, 0.4) is 0 Å². The highest BCUT2D eigenvalue weighted by atomic mass is 79.9. The number of hydrogen-bond acceptors (Lipinski definition) is 6. The molecule has 1 N–H and O–H groups in total. The van der Waals surface area contributed by atoms with Crippen LogP contribution in [0.5, 0.6) is 17.2 Å². The number of aromatic nitrogens is 3. The van der Waals surface area contributed by atoms with Crippen molar-refractivity contribution in [2.75, 3.05) is 21.3 Å². The Morgan fingerprint density at radius 3 is 2.52 bits per heavy atom. The van der Waals surface area contributed by atoms with Crippen LogP contribution in [-0.4, -0.2) is 36.3 Å². The van der Waals surface area contributed by atoms with Gasteiger partial charge in [-0.2, -0.15) is 0 Å². The van der Waals surface area contributed by atoms with Crippen LogP contribution in [0.25, 0.3) is 21.8 Å². The van der Waals surface area contributed by atoms with Crippen molar-refractivity contribution < 1.29 is 14.2 Å². The molecule has 0 amide bonds. The first-order chi connectivity index (χ1) is 14.0. The van der Waals surface area contributed by atoms with Crippen molar-refractivity contribution in [1.29, 1.82) is 0 Å². The summed E-state index contributed by atoms with van der Waals surface area (Å²) in [5.41, 5.74) is 1.91. The molecule has 0 aliphatic heterocycles. The minimum Gasteiger partial charge on any atom is -0.496 e. The van der Waals surface area contributed by atoms with Crippen LogP contribution in [0, 0.1) is 0 Å². The van der Waals surface area contributed by atoms with E-state index in [1.54, 1.807) is 32.5 Å². The van der Waals surface area contributed by atoms with Crippen molar-refractivity contribution in [3.8, 4) is 17.2 Å². The molecule has 0 saturated heterocycles. The van der Waals surface area contributed by atoms with Crippen LogP contribution in [-0.2, 0) is 6.42 Å². The number of pyridine rings is 1. The molecule has 0 atom stereocenters. The van der Waals surface area contributed by atoms with Gasteiger partial charge in [-0.15, -0.1) is 0 Å². The molecular formula is C21H18BrN3O4. The molecule has 148 valence electrons. The molecule has 2 aromatic heterocycles. The van der Waals surface area contributed by atoms with E-state index in [1.807, 2.05) is 18.2 Å². The smallest absolute Gasteiger partial charge is 0.258 e. The van der Waals surface area contributed by atoms with Crippen LogP contribution < -0.4 is 19.8 Å². The first-order valence-electron chi connectivity index (χ1n) is 8.80. The SMILES string of the molecule is COc1cc2nc(Cc3cnc4c(Br)cccc4c3OC)[nH]c(=O)c2cc1OC. The summed E-state index contributed by atoms with van der Waals surface area (Å²) < 4.78 is 17.1. The number of rotatable bonds is 5. The molecule has 0 fully saturated rings. The highest BCUT2D eigenvalue weighted by Gasteiger charge is 2.15. The predicted octanol–water partition coefficient (Wildman–Crippen LogP) is 3.85. The fourth-order valence-electron chi connectivity index (χ4n) is 3.35. The third-order valence-corrected chi connectivity index (χ3v) is 5.33. The molecule has 0 unspecified atom stereocenters. The third kappa shape index (κ3) is 3.40. The molecule has 0 radical (unpaired) electrons. The van der Waals surface area contributed by atoms with Crippen LogP contribution in [0.15, 0.2) is 45.8 Å². The van der Waals surface area contributed by atoms with Crippen LogP contribution in [0.2, 0.25) is 0 Å². The Hall–Kier alpha value is -3.13. The van der Waals surface area contributed by atoms with Gasteiger partial charge < -0.3 is 19.2 Å². The average Bonchev–Trinajstić information content (AvgIpc) is 2.73. The summed E-state index contributed by atoms with van der Waals surface area (Å²) in [6.45, 7) is 0. The summed E-state index contributed by atoms with van der Waals surface area (Å²) in [6, 6.07) is 9.12. The van der Waals surface area contributed by atoms with Gasteiger partial charge in [-0.3, -0.25) is 9.78 Å².